The van der Waals surface area contributed by atoms with Gasteiger partial charge in [-0.15, -0.1) is 11.3 Å². The van der Waals surface area contributed by atoms with E-state index in [9.17, 15) is 0 Å². The summed E-state index contributed by atoms with van der Waals surface area (Å²) in [5, 5.41) is 0. The third kappa shape index (κ3) is 1.95. The lowest BCUT2D eigenvalue weighted by atomic mass is 10.4. The molecule has 0 aliphatic rings. The molecule has 0 saturated carbocycles. The van der Waals surface area contributed by atoms with E-state index in [1.54, 1.807) is 0 Å². The van der Waals surface area contributed by atoms with E-state index >= 15 is 0 Å². The normalized spacial score (nSPS) is 9.45. The van der Waals surface area contributed by atoms with Gasteiger partial charge in [0.15, 0.2) is 0 Å². The van der Waals surface area contributed by atoms with Crippen LogP contribution in [0.2, 0.25) is 0 Å². The van der Waals surface area contributed by atoms with Crippen molar-refractivity contribution in [2.45, 2.75) is 0 Å². The van der Waals surface area contributed by atoms with Crippen molar-refractivity contribution in [2.24, 2.45) is 11.5 Å². The van der Waals surface area contributed by atoms with Gasteiger partial charge in [-0.25, -0.2) is 0 Å². The molecule has 11 heavy (non-hydrogen) atoms. The molecule has 0 spiro atoms. The molecular weight excluding hydrogens is 196 g/mol. The molecule has 0 amide bonds. The maximum Gasteiger partial charge on any atom is 0.114 e. The van der Waals surface area contributed by atoms with Crippen molar-refractivity contribution in [1.29, 1.82) is 0 Å². The smallest absolute Gasteiger partial charge is 0.114 e. The molecule has 4 N–H and O–H groups in total. The second kappa shape index (κ2) is 3.25. The van der Waals surface area contributed by atoms with Crippen LogP contribution in [-0.2, 0) is 0 Å². The van der Waals surface area contributed by atoms with E-state index in [2.05, 4.69) is 0 Å². The van der Waals surface area contributed by atoms with Crippen LogP contribution in [0.5, 0.6) is 0 Å². The van der Waals surface area contributed by atoms with E-state index in [4.69, 9.17) is 35.9 Å². The molecule has 0 unspecified atom stereocenters. The van der Waals surface area contributed by atoms with Crippen LogP contribution < -0.4 is 11.5 Å². The molecule has 1 rings (SSSR count). The van der Waals surface area contributed by atoms with Gasteiger partial charge < -0.3 is 11.5 Å². The molecule has 5 heteroatoms. The number of hydrogen-bond donors (Lipinski definition) is 2. The number of nitrogens with two attached hydrogens (primary N) is 2. The van der Waals surface area contributed by atoms with Gasteiger partial charge in [-0.3, -0.25) is 0 Å². The van der Waals surface area contributed by atoms with Crippen LogP contribution >= 0.6 is 35.8 Å². The van der Waals surface area contributed by atoms with E-state index in [1.807, 2.05) is 12.1 Å². The molecule has 0 aliphatic carbocycles. The van der Waals surface area contributed by atoms with Gasteiger partial charge in [0.05, 0.1) is 9.75 Å². The lowest BCUT2D eigenvalue weighted by Gasteiger charge is -1.89. The summed E-state index contributed by atoms with van der Waals surface area (Å²) in [6.45, 7) is 0. The second-order valence-corrected chi connectivity index (χ2v) is 3.86. The predicted molar refractivity (Wildman–Crippen MR) is 56.1 cm³/mol. The first kappa shape index (κ1) is 8.58. The molecule has 0 bridgehead atoms. The Morgan fingerprint density at radius 1 is 1.09 bits per heavy atom. The summed E-state index contributed by atoms with van der Waals surface area (Å²) in [6, 6.07) is 3.64. The van der Waals surface area contributed by atoms with Gasteiger partial charge in [-0.05, 0) is 12.1 Å². The van der Waals surface area contributed by atoms with E-state index in [0.717, 1.165) is 9.75 Å². The van der Waals surface area contributed by atoms with Gasteiger partial charge in [0.2, 0.25) is 0 Å². The van der Waals surface area contributed by atoms with Crippen LogP contribution in [-0.4, -0.2) is 9.98 Å². The Morgan fingerprint density at radius 3 is 1.64 bits per heavy atom. The minimum absolute atomic E-state index is 0.387. The Labute approximate surface area is 79.2 Å². The lowest BCUT2D eigenvalue weighted by molar-refractivity contribution is 1.77. The summed E-state index contributed by atoms with van der Waals surface area (Å²) in [5.74, 6) is 0. The molecule has 0 atom stereocenters. The Bertz CT molecular complexity index is 274. The van der Waals surface area contributed by atoms with E-state index in [-0.39, 0.29) is 0 Å². The average Bonchev–Trinajstić information content (AvgIpc) is 2.33. The van der Waals surface area contributed by atoms with Crippen molar-refractivity contribution in [1.82, 2.24) is 0 Å². The minimum atomic E-state index is 0.387. The van der Waals surface area contributed by atoms with Crippen molar-refractivity contribution < 1.29 is 0 Å². The zero-order chi connectivity index (χ0) is 8.43. The molecular formula is C6H6N2S3. The topological polar surface area (TPSA) is 52.0 Å². The Morgan fingerprint density at radius 2 is 1.45 bits per heavy atom. The minimum Gasteiger partial charge on any atom is -0.389 e. The Kier molecular flexibility index (Phi) is 2.53. The monoisotopic (exact) mass is 202 g/mol. The fourth-order valence-electron chi connectivity index (χ4n) is 0.603. The molecule has 1 aromatic rings. The first-order valence-electron chi connectivity index (χ1n) is 2.80. The summed E-state index contributed by atoms with van der Waals surface area (Å²) in [5.41, 5.74) is 10.8. The van der Waals surface area contributed by atoms with Crippen molar-refractivity contribution in [3.8, 4) is 0 Å². The van der Waals surface area contributed by atoms with Crippen molar-refractivity contribution in [3.05, 3.63) is 21.9 Å². The van der Waals surface area contributed by atoms with E-state index < -0.39 is 0 Å². The molecule has 0 saturated heterocycles. The summed E-state index contributed by atoms with van der Waals surface area (Å²) >= 11 is 10.9. The van der Waals surface area contributed by atoms with Crippen LogP contribution in [0, 0.1) is 0 Å². The van der Waals surface area contributed by atoms with E-state index in [1.165, 1.54) is 11.3 Å². The molecule has 1 heterocycles. The highest BCUT2D eigenvalue weighted by Crippen LogP contribution is 2.15. The highest BCUT2D eigenvalue weighted by Gasteiger charge is 2.03. The molecule has 0 aromatic carbocycles. The van der Waals surface area contributed by atoms with Crippen LogP contribution in [0.25, 0.3) is 0 Å². The van der Waals surface area contributed by atoms with E-state index in [0.29, 0.717) is 9.98 Å². The van der Waals surface area contributed by atoms with Crippen molar-refractivity contribution >= 4 is 45.7 Å². The number of rotatable bonds is 2. The summed E-state index contributed by atoms with van der Waals surface area (Å²) < 4.78 is 0. The van der Waals surface area contributed by atoms with Crippen LogP contribution in [0.1, 0.15) is 9.75 Å². The molecule has 0 radical (unpaired) electrons. The van der Waals surface area contributed by atoms with Gasteiger partial charge in [0, 0.05) is 0 Å². The van der Waals surface area contributed by atoms with Gasteiger partial charge in [-0.2, -0.15) is 0 Å². The van der Waals surface area contributed by atoms with Crippen LogP contribution in [0.15, 0.2) is 12.1 Å². The Hall–Kier alpha value is -0.520. The van der Waals surface area contributed by atoms with Crippen LogP contribution in [0.4, 0.5) is 0 Å². The van der Waals surface area contributed by atoms with Gasteiger partial charge >= 0.3 is 0 Å². The highest BCUT2D eigenvalue weighted by molar-refractivity contribution is 7.81. The zero-order valence-corrected chi connectivity index (χ0v) is 7.98. The van der Waals surface area contributed by atoms with Gasteiger partial charge in [0.1, 0.15) is 9.98 Å². The SMILES string of the molecule is NC(=S)c1ccc(C(N)=S)s1. The second-order valence-electron chi connectivity index (χ2n) is 1.89. The largest absolute Gasteiger partial charge is 0.389 e. The number of hydrogen-bond acceptors (Lipinski definition) is 3. The van der Waals surface area contributed by atoms with Crippen molar-refractivity contribution in [2.75, 3.05) is 0 Å². The van der Waals surface area contributed by atoms with Gasteiger partial charge in [-0.1, -0.05) is 24.4 Å². The summed E-state index contributed by atoms with van der Waals surface area (Å²) in [4.78, 5) is 2.47. The average molecular weight is 202 g/mol. The first-order valence-corrected chi connectivity index (χ1v) is 4.44. The summed E-state index contributed by atoms with van der Waals surface area (Å²) in [7, 11) is 0. The quantitative estimate of drug-likeness (QED) is 0.703. The first-order chi connectivity index (χ1) is 5.11. The third-order valence-corrected chi connectivity index (χ3v) is 2.94. The van der Waals surface area contributed by atoms with Crippen LogP contribution in [0.3, 0.4) is 0 Å². The number of thiocarbonyl (C=S) groups is 2. The fourth-order valence-corrected chi connectivity index (χ4v) is 1.70. The summed E-state index contributed by atoms with van der Waals surface area (Å²) in [6.07, 6.45) is 0. The fraction of sp³-hybridized carbons (Fsp3) is 0. The van der Waals surface area contributed by atoms with Gasteiger partial charge in [0.25, 0.3) is 0 Å². The highest BCUT2D eigenvalue weighted by atomic mass is 32.1. The predicted octanol–water partition coefficient (Wildman–Crippen LogP) is 1.02. The maximum atomic E-state index is 5.38. The third-order valence-electron chi connectivity index (χ3n) is 1.09. The Balaban J connectivity index is 2.99. The molecule has 0 fully saturated rings. The molecule has 2 nitrogen and oxygen atoms in total. The zero-order valence-electron chi connectivity index (χ0n) is 5.53. The molecule has 1 aromatic heterocycles. The lowest BCUT2D eigenvalue weighted by Crippen LogP contribution is -2.07. The standard InChI is InChI=1S/C6H6N2S3/c7-5(9)3-1-2-4(11-3)6(8)10/h1-2H,(H2,7,9)(H2,8,10). The maximum absolute atomic E-state index is 5.38. The molecule has 0 aliphatic heterocycles. The van der Waals surface area contributed by atoms with Crippen molar-refractivity contribution in [3.63, 3.8) is 0 Å². The number of thiophene rings is 1. The molecule has 58 valence electrons.